The monoisotopic (exact) mass is 290 g/mol. The van der Waals surface area contributed by atoms with Gasteiger partial charge in [0.05, 0.1) is 0 Å². The Hall–Kier alpha value is -1.35. The van der Waals surface area contributed by atoms with E-state index in [-0.39, 0.29) is 5.91 Å². The quantitative estimate of drug-likeness (QED) is 0.680. The fourth-order valence-corrected chi connectivity index (χ4v) is 2.41. The topological polar surface area (TPSA) is 41.1 Å². The van der Waals surface area contributed by atoms with Gasteiger partial charge in [-0.15, -0.1) is 0 Å². The molecule has 0 aliphatic carbocycles. The predicted octanol–water partition coefficient (Wildman–Crippen LogP) is 3.74. The van der Waals surface area contributed by atoms with Gasteiger partial charge in [-0.3, -0.25) is 4.79 Å². The molecule has 3 heteroatoms. The van der Waals surface area contributed by atoms with Crippen molar-refractivity contribution in [2.45, 2.75) is 53.0 Å². The average Bonchev–Trinajstić information content (AvgIpc) is 2.47. The highest BCUT2D eigenvalue weighted by atomic mass is 16.1. The molecule has 0 unspecified atom stereocenters. The van der Waals surface area contributed by atoms with Crippen LogP contribution in [0.5, 0.6) is 0 Å². The Morgan fingerprint density at radius 1 is 1.14 bits per heavy atom. The van der Waals surface area contributed by atoms with E-state index >= 15 is 0 Å². The van der Waals surface area contributed by atoms with Crippen LogP contribution >= 0.6 is 0 Å². The van der Waals surface area contributed by atoms with E-state index in [0.717, 1.165) is 13.1 Å². The van der Waals surface area contributed by atoms with Crippen LogP contribution in [-0.2, 0) is 6.54 Å². The largest absolute Gasteiger partial charge is 0.355 e. The summed E-state index contributed by atoms with van der Waals surface area (Å²) in [6.45, 7) is 8.77. The molecule has 0 aromatic heterocycles. The van der Waals surface area contributed by atoms with Gasteiger partial charge in [-0.05, 0) is 29.5 Å². The molecule has 0 bridgehead atoms. The molecule has 0 saturated carbocycles. The fourth-order valence-electron chi connectivity index (χ4n) is 2.41. The van der Waals surface area contributed by atoms with E-state index in [1.165, 1.54) is 31.2 Å². The van der Waals surface area contributed by atoms with Crippen LogP contribution in [0.1, 0.15) is 62.4 Å². The van der Waals surface area contributed by atoms with Crippen LogP contribution in [0.4, 0.5) is 0 Å². The van der Waals surface area contributed by atoms with Crippen molar-refractivity contribution in [2.75, 3.05) is 13.6 Å². The molecule has 0 saturated heterocycles. The minimum absolute atomic E-state index is 0.0356. The molecule has 0 atom stereocenters. The van der Waals surface area contributed by atoms with Crippen LogP contribution < -0.4 is 10.6 Å². The number of hydrogen-bond acceptors (Lipinski definition) is 2. The second kappa shape index (κ2) is 8.83. The zero-order valence-electron chi connectivity index (χ0n) is 14.0. The lowest BCUT2D eigenvalue weighted by Gasteiger charge is -2.25. The van der Waals surface area contributed by atoms with Gasteiger partial charge in [0.25, 0.3) is 5.91 Å². The van der Waals surface area contributed by atoms with E-state index in [2.05, 4.69) is 31.4 Å². The molecule has 21 heavy (non-hydrogen) atoms. The van der Waals surface area contributed by atoms with Gasteiger partial charge in [0.15, 0.2) is 0 Å². The number of nitrogens with one attached hydrogen (secondary N) is 2. The molecule has 2 N–H and O–H groups in total. The molecule has 1 amide bonds. The maximum Gasteiger partial charge on any atom is 0.251 e. The Morgan fingerprint density at radius 2 is 1.81 bits per heavy atom. The van der Waals surface area contributed by atoms with Gasteiger partial charge >= 0.3 is 0 Å². The van der Waals surface area contributed by atoms with E-state index in [0.29, 0.717) is 11.0 Å². The lowest BCUT2D eigenvalue weighted by Crippen LogP contribution is -2.29. The van der Waals surface area contributed by atoms with Crippen molar-refractivity contribution in [3.8, 4) is 0 Å². The zero-order chi connectivity index (χ0) is 15.7. The van der Waals surface area contributed by atoms with Gasteiger partial charge in [-0.1, -0.05) is 52.2 Å². The van der Waals surface area contributed by atoms with E-state index in [4.69, 9.17) is 0 Å². The molecule has 1 rings (SSSR count). The molecule has 0 radical (unpaired) electrons. The van der Waals surface area contributed by atoms with E-state index < -0.39 is 0 Å². The third-order valence-electron chi connectivity index (χ3n) is 3.83. The molecule has 0 aliphatic rings. The highest BCUT2D eigenvalue weighted by Gasteiger charge is 2.16. The minimum Gasteiger partial charge on any atom is -0.355 e. The number of hydrogen-bond donors (Lipinski definition) is 2. The van der Waals surface area contributed by atoms with Crippen molar-refractivity contribution in [3.63, 3.8) is 0 Å². The van der Waals surface area contributed by atoms with Crippen LogP contribution in [0, 0.1) is 5.41 Å². The SMILES string of the molecule is CCCCCC(C)(C)CNCc1ccc(C(=O)NC)cc1. The molecular weight excluding hydrogens is 260 g/mol. The summed E-state index contributed by atoms with van der Waals surface area (Å²) in [5, 5.41) is 6.16. The maximum atomic E-state index is 11.5. The number of rotatable bonds is 9. The fraction of sp³-hybridized carbons (Fsp3) is 0.611. The Kier molecular flexibility index (Phi) is 7.44. The summed E-state index contributed by atoms with van der Waals surface area (Å²) in [5.41, 5.74) is 2.27. The predicted molar refractivity (Wildman–Crippen MR) is 89.5 cm³/mol. The standard InChI is InChI=1S/C18H30N2O/c1-5-6-7-12-18(2,3)14-20-13-15-8-10-16(11-9-15)17(21)19-4/h8-11,20H,5-7,12-14H2,1-4H3,(H,19,21). The van der Waals surface area contributed by atoms with Crippen LogP contribution in [0.25, 0.3) is 0 Å². The first-order chi connectivity index (χ1) is 9.98. The molecule has 0 aliphatic heterocycles. The van der Waals surface area contributed by atoms with Gasteiger partial charge in [-0.25, -0.2) is 0 Å². The summed E-state index contributed by atoms with van der Waals surface area (Å²) in [7, 11) is 1.65. The van der Waals surface area contributed by atoms with Gasteiger partial charge in [0.2, 0.25) is 0 Å². The molecule has 3 nitrogen and oxygen atoms in total. The van der Waals surface area contributed by atoms with E-state index in [9.17, 15) is 4.79 Å². The molecule has 118 valence electrons. The third-order valence-corrected chi connectivity index (χ3v) is 3.83. The lowest BCUT2D eigenvalue weighted by molar-refractivity contribution is 0.0963. The van der Waals surface area contributed by atoms with Crippen molar-refractivity contribution in [2.24, 2.45) is 5.41 Å². The highest BCUT2D eigenvalue weighted by molar-refractivity contribution is 5.93. The number of carbonyl (C=O) groups is 1. The number of unbranched alkanes of at least 4 members (excludes halogenated alkanes) is 2. The summed E-state index contributed by atoms with van der Waals surface area (Å²) in [6, 6.07) is 7.79. The summed E-state index contributed by atoms with van der Waals surface area (Å²) in [6.07, 6.45) is 5.18. The highest BCUT2D eigenvalue weighted by Crippen LogP contribution is 2.22. The van der Waals surface area contributed by atoms with Gasteiger partial charge in [-0.2, -0.15) is 0 Å². The first kappa shape index (κ1) is 17.7. The van der Waals surface area contributed by atoms with Crippen molar-refractivity contribution >= 4 is 5.91 Å². The molecule has 0 spiro atoms. The van der Waals surface area contributed by atoms with Crippen molar-refractivity contribution < 1.29 is 4.79 Å². The second-order valence-corrected chi connectivity index (χ2v) is 6.50. The van der Waals surface area contributed by atoms with E-state index in [1.807, 2.05) is 24.3 Å². The Bertz CT molecular complexity index is 423. The normalized spacial score (nSPS) is 11.4. The number of benzene rings is 1. The Balaban J connectivity index is 2.36. The van der Waals surface area contributed by atoms with E-state index in [1.54, 1.807) is 7.05 Å². The molecule has 1 aromatic rings. The molecule has 1 aromatic carbocycles. The molecule has 0 heterocycles. The van der Waals surface area contributed by atoms with Crippen molar-refractivity contribution in [1.82, 2.24) is 10.6 Å². The molecular formula is C18H30N2O. The third kappa shape index (κ3) is 6.76. The molecule has 0 fully saturated rings. The number of amides is 1. The van der Waals surface area contributed by atoms with Crippen LogP contribution in [-0.4, -0.2) is 19.5 Å². The lowest BCUT2D eigenvalue weighted by atomic mass is 9.87. The van der Waals surface area contributed by atoms with Crippen molar-refractivity contribution in [1.29, 1.82) is 0 Å². The summed E-state index contributed by atoms with van der Waals surface area (Å²) in [5.74, 6) is -0.0356. The first-order valence-corrected chi connectivity index (χ1v) is 8.00. The number of carbonyl (C=O) groups excluding carboxylic acids is 1. The van der Waals surface area contributed by atoms with Gasteiger partial charge in [0.1, 0.15) is 0 Å². The van der Waals surface area contributed by atoms with Crippen LogP contribution in [0.15, 0.2) is 24.3 Å². The minimum atomic E-state index is -0.0356. The zero-order valence-corrected chi connectivity index (χ0v) is 14.0. The van der Waals surface area contributed by atoms with Crippen LogP contribution in [0.3, 0.4) is 0 Å². The summed E-state index contributed by atoms with van der Waals surface area (Å²) in [4.78, 5) is 11.5. The summed E-state index contributed by atoms with van der Waals surface area (Å²) < 4.78 is 0. The maximum absolute atomic E-state index is 11.5. The van der Waals surface area contributed by atoms with Crippen molar-refractivity contribution in [3.05, 3.63) is 35.4 Å². The van der Waals surface area contributed by atoms with Crippen LogP contribution in [0.2, 0.25) is 0 Å². The average molecular weight is 290 g/mol. The van der Waals surface area contributed by atoms with Gasteiger partial charge in [0, 0.05) is 25.7 Å². The second-order valence-electron chi connectivity index (χ2n) is 6.50. The summed E-state index contributed by atoms with van der Waals surface area (Å²) >= 11 is 0. The Labute approximate surface area is 129 Å². The first-order valence-electron chi connectivity index (χ1n) is 8.00. The smallest absolute Gasteiger partial charge is 0.251 e. The Morgan fingerprint density at radius 3 is 2.38 bits per heavy atom. The van der Waals surface area contributed by atoms with Gasteiger partial charge < -0.3 is 10.6 Å².